The molecular weight excluding hydrogens is 218 g/mol. The van der Waals surface area contributed by atoms with Gasteiger partial charge < -0.3 is 5.73 Å². The van der Waals surface area contributed by atoms with Crippen LogP contribution in [0.1, 0.15) is 30.9 Å². The molecule has 2 aromatic rings. The van der Waals surface area contributed by atoms with Gasteiger partial charge in [0.15, 0.2) is 0 Å². The Labute approximate surface area is 110 Å². The standard InChI is InChI=1S/C17H21N/c1-2-3-5-14-8-10-16(11-9-14)17-7-4-6-15(12-17)13-18/h4,6-12H,2-3,5,13,18H2,1H3. The number of hydrogen-bond donors (Lipinski definition) is 1. The number of benzene rings is 2. The summed E-state index contributed by atoms with van der Waals surface area (Å²) in [6, 6.07) is 17.3. The molecule has 2 aromatic carbocycles. The minimum atomic E-state index is 0.600. The van der Waals surface area contributed by atoms with E-state index in [1.165, 1.54) is 41.5 Å². The molecule has 0 aromatic heterocycles. The third-order valence-corrected chi connectivity index (χ3v) is 3.27. The second-order valence-corrected chi connectivity index (χ2v) is 4.70. The Kier molecular flexibility index (Phi) is 4.54. The molecule has 0 aliphatic heterocycles. The lowest BCUT2D eigenvalue weighted by Gasteiger charge is -2.06. The minimum Gasteiger partial charge on any atom is -0.326 e. The van der Waals surface area contributed by atoms with Gasteiger partial charge in [-0.05, 0) is 41.2 Å². The fraction of sp³-hybridized carbons (Fsp3) is 0.294. The van der Waals surface area contributed by atoms with E-state index in [4.69, 9.17) is 5.73 Å². The van der Waals surface area contributed by atoms with Crippen molar-refractivity contribution < 1.29 is 0 Å². The topological polar surface area (TPSA) is 26.0 Å². The Morgan fingerprint density at radius 3 is 2.33 bits per heavy atom. The van der Waals surface area contributed by atoms with E-state index in [2.05, 4.69) is 55.5 Å². The van der Waals surface area contributed by atoms with E-state index in [0.717, 1.165) is 0 Å². The van der Waals surface area contributed by atoms with Crippen LogP contribution in [0, 0.1) is 0 Å². The molecule has 0 saturated carbocycles. The SMILES string of the molecule is CCCCc1ccc(-c2cccc(CN)c2)cc1. The van der Waals surface area contributed by atoms with Gasteiger partial charge in [-0.2, -0.15) is 0 Å². The lowest BCUT2D eigenvalue weighted by Crippen LogP contribution is -1.95. The van der Waals surface area contributed by atoms with Gasteiger partial charge >= 0.3 is 0 Å². The van der Waals surface area contributed by atoms with Gasteiger partial charge in [0.05, 0.1) is 0 Å². The van der Waals surface area contributed by atoms with E-state index in [1.807, 2.05) is 0 Å². The highest BCUT2D eigenvalue weighted by atomic mass is 14.5. The first-order chi connectivity index (χ1) is 8.83. The average molecular weight is 239 g/mol. The maximum Gasteiger partial charge on any atom is 0.0178 e. The van der Waals surface area contributed by atoms with Gasteiger partial charge in [-0.3, -0.25) is 0 Å². The van der Waals surface area contributed by atoms with Crippen LogP contribution < -0.4 is 5.73 Å². The van der Waals surface area contributed by atoms with Gasteiger partial charge in [-0.25, -0.2) is 0 Å². The van der Waals surface area contributed by atoms with Crippen molar-refractivity contribution in [2.45, 2.75) is 32.7 Å². The van der Waals surface area contributed by atoms with Gasteiger partial charge in [-0.15, -0.1) is 0 Å². The largest absolute Gasteiger partial charge is 0.326 e. The van der Waals surface area contributed by atoms with Crippen LogP contribution in [0.25, 0.3) is 11.1 Å². The van der Waals surface area contributed by atoms with Crippen molar-refractivity contribution in [3.63, 3.8) is 0 Å². The van der Waals surface area contributed by atoms with Crippen LogP contribution in [-0.2, 0) is 13.0 Å². The molecule has 2 rings (SSSR count). The maximum atomic E-state index is 5.68. The summed E-state index contributed by atoms with van der Waals surface area (Å²) < 4.78 is 0. The number of nitrogens with two attached hydrogens (primary N) is 1. The summed E-state index contributed by atoms with van der Waals surface area (Å²) in [4.78, 5) is 0. The normalized spacial score (nSPS) is 10.6. The quantitative estimate of drug-likeness (QED) is 0.833. The molecule has 1 heteroatoms. The summed E-state index contributed by atoms with van der Waals surface area (Å²) in [6.07, 6.45) is 3.70. The van der Waals surface area contributed by atoms with Crippen molar-refractivity contribution in [1.29, 1.82) is 0 Å². The fourth-order valence-corrected chi connectivity index (χ4v) is 2.12. The Balaban J connectivity index is 2.17. The Morgan fingerprint density at radius 2 is 1.67 bits per heavy atom. The van der Waals surface area contributed by atoms with Crippen molar-refractivity contribution in [3.8, 4) is 11.1 Å². The Hall–Kier alpha value is -1.60. The molecule has 18 heavy (non-hydrogen) atoms. The van der Waals surface area contributed by atoms with Crippen molar-refractivity contribution in [1.82, 2.24) is 0 Å². The van der Waals surface area contributed by atoms with Crippen LogP contribution in [-0.4, -0.2) is 0 Å². The van der Waals surface area contributed by atoms with Crippen LogP contribution in [0.3, 0.4) is 0 Å². The number of aryl methyl sites for hydroxylation is 1. The van der Waals surface area contributed by atoms with Crippen molar-refractivity contribution in [3.05, 3.63) is 59.7 Å². The van der Waals surface area contributed by atoms with Gasteiger partial charge in [0.1, 0.15) is 0 Å². The van der Waals surface area contributed by atoms with Crippen molar-refractivity contribution in [2.75, 3.05) is 0 Å². The fourth-order valence-electron chi connectivity index (χ4n) is 2.12. The molecule has 1 nitrogen and oxygen atoms in total. The molecule has 0 aliphatic carbocycles. The van der Waals surface area contributed by atoms with E-state index < -0.39 is 0 Å². The third-order valence-electron chi connectivity index (χ3n) is 3.27. The van der Waals surface area contributed by atoms with Crippen LogP contribution in [0.5, 0.6) is 0 Å². The second-order valence-electron chi connectivity index (χ2n) is 4.70. The number of rotatable bonds is 5. The van der Waals surface area contributed by atoms with Crippen LogP contribution in [0.4, 0.5) is 0 Å². The van der Waals surface area contributed by atoms with E-state index in [1.54, 1.807) is 0 Å². The average Bonchev–Trinajstić information content (AvgIpc) is 2.46. The lowest BCUT2D eigenvalue weighted by molar-refractivity contribution is 0.795. The lowest BCUT2D eigenvalue weighted by atomic mass is 10.0. The third kappa shape index (κ3) is 3.21. The first kappa shape index (κ1) is 12.8. The van der Waals surface area contributed by atoms with E-state index in [9.17, 15) is 0 Å². The predicted octanol–water partition coefficient (Wildman–Crippen LogP) is 4.15. The molecule has 0 bridgehead atoms. The number of unbranched alkanes of at least 4 members (excludes halogenated alkanes) is 1. The Bertz CT molecular complexity index is 485. The Morgan fingerprint density at radius 1 is 0.889 bits per heavy atom. The van der Waals surface area contributed by atoms with Crippen LogP contribution in [0.2, 0.25) is 0 Å². The highest BCUT2D eigenvalue weighted by Gasteiger charge is 1.99. The monoisotopic (exact) mass is 239 g/mol. The molecule has 0 saturated heterocycles. The molecule has 0 aliphatic rings. The second kappa shape index (κ2) is 6.36. The van der Waals surface area contributed by atoms with Crippen molar-refractivity contribution >= 4 is 0 Å². The molecule has 0 spiro atoms. The van der Waals surface area contributed by atoms with E-state index in [-0.39, 0.29) is 0 Å². The number of hydrogen-bond acceptors (Lipinski definition) is 1. The molecule has 0 atom stereocenters. The zero-order chi connectivity index (χ0) is 12.8. The van der Waals surface area contributed by atoms with Gasteiger partial charge in [-0.1, -0.05) is 55.8 Å². The summed E-state index contributed by atoms with van der Waals surface area (Å²) in [5.74, 6) is 0. The highest BCUT2D eigenvalue weighted by Crippen LogP contribution is 2.21. The van der Waals surface area contributed by atoms with Gasteiger partial charge in [0.25, 0.3) is 0 Å². The molecule has 0 fully saturated rings. The molecule has 94 valence electrons. The van der Waals surface area contributed by atoms with Crippen molar-refractivity contribution in [2.24, 2.45) is 5.73 Å². The summed E-state index contributed by atoms with van der Waals surface area (Å²) in [5.41, 5.74) is 10.8. The van der Waals surface area contributed by atoms with E-state index in [0.29, 0.717) is 6.54 Å². The van der Waals surface area contributed by atoms with Gasteiger partial charge in [0, 0.05) is 6.54 Å². The molecule has 0 amide bonds. The van der Waals surface area contributed by atoms with Crippen LogP contribution >= 0.6 is 0 Å². The highest BCUT2D eigenvalue weighted by molar-refractivity contribution is 5.64. The molecule has 0 heterocycles. The smallest absolute Gasteiger partial charge is 0.0178 e. The van der Waals surface area contributed by atoms with E-state index >= 15 is 0 Å². The maximum absolute atomic E-state index is 5.68. The zero-order valence-corrected chi connectivity index (χ0v) is 11.0. The van der Waals surface area contributed by atoms with Gasteiger partial charge in [0.2, 0.25) is 0 Å². The summed E-state index contributed by atoms with van der Waals surface area (Å²) in [5, 5.41) is 0. The summed E-state index contributed by atoms with van der Waals surface area (Å²) >= 11 is 0. The molecule has 0 unspecified atom stereocenters. The summed E-state index contributed by atoms with van der Waals surface area (Å²) in [6.45, 7) is 2.83. The zero-order valence-electron chi connectivity index (χ0n) is 11.0. The first-order valence-electron chi connectivity index (χ1n) is 6.72. The first-order valence-corrected chi connectivity index (χ1v) is 6.72. The molecule has 2 N–H and O–H groups in total. The molecular formula is C17H21N. The minimum absolute atomic E-state index is 0.600. The summed E-state index contributed by atoms with van der Waals surface area (Å²) in [7, 11) is 0. The predicted molar refractivity (Wildman–Crippen MR) is 78.4 cm³/mol. The molecule has 0 radical (unpaired) electrons. The van der Waals surface area contributed by atoms with Crippen LogP contribution in [0.15, 0.2) is 48.5 Å².